The van der Waals surface area contributed by atoms with E-state index in [1.807, 2.05) is 0 Å². The fourth-order valence-electron chi connectivity index (χ4n) is 2.78. The summed E-state index contributed by atoms with van der Waals surface area (Å²) < 4.78 is 17.1. The van der Waals surface area contributed by atoms with Crippen molar-refractivity contribution in [1.29, 1.82) is 0 Å². The number of benzene rings is 1. The monoisotopic (exact) mass is 440 g/mol. The number of esters is 1. The molecule has 2 amide bonds. The minimum absolute atomic E-state index is 0.241. The van der Waals surface area contributed by atoms with Crippen molar-refractivity contribution >= 4 is 27.9 Å². The van der Waals surface area contributed by atoms with Crippen molar-refractivity contribution in [3.8, 4) is 11.5 Å². The molecule has 2 N–H and O–H groups in total. The van der Waals surface area contributed by atoms with Crippen LogP contribution in [0.2, 0.25) is 0 Å². The van der Waals surface area contributed by atoms with Gasteiger partial charge in [-0.2, -0.15) is 0 Å². The van der Waals surface area contributed by atoms with E-state index in [1.165, 1.54) is 0 Å². The molecule has 0 fully saturated rings. The Balaban J connectivity index is 2.46. The largest absolute Gasteiger partial charge is 0.493 e. The van der Waals surface area contributed by atoms with Gasteiger partial charge < -0.3 is 24.8 Å². The molecule has 0 saturated carbocycles. The van der Waals surface area contributed by atoms with Gasteiger partial charge in [0.25, 0.3) is 0 Å². The molecule has 1 aliphatic heterocycles. The number of halogens is 1. The predicted octanol–water partition coefficient (Wildman–Crippen LogP) is 3.83. The number of urea groups is 1. The van der Waals surface area contributed by atoms with Crippen LogP contribution < -0.4 is 20.1 Å². The van der Waals surface area contributed by atoms with Crippen LogP contribution in [-0.2, 0) is 9.53 Å². The number of nitrogens with one attached hydrogen (secondary N) is 2. The van der Waals surface area contributed by atoms with Gasteiger partial charge >= 0.3 is 12.0 Å². The van der Waals surface area contributed by atoms with Gasteiger partial charge in [0.05, 0.1) is 31.9 Å². The van der Waals surface area contributed by atoms with Crippen molar-refractivity contribution in [1.82, 2.24) is 10.6 Å². The Morgan fingerprint density at radius 3 is 2.63 bits per heavy atom. The first kappa shape index (κ1) is 21.1. The smallest absolute Gasteiger partial charge is 0.338 e. The maximum absolute atomic E-state index is 12.5. The van der Waals surface area contributed by atoms with Gasteiger partial charge in [0, 0.05) is 10.2 Å². The second-order valence-corrected chi connectivity index (χ2v) is 6.87. The lowest BCUT2D eigenvalue weighted by Gasteiger charge is -2.29. The Labute approximate surface area is 167 Å². The van der Waals surface area contributed by atoms with E-state index >= 15 is 0 Å². The molecule has 1 atom stereocenters. The first-order valence-corrected chi connectivity index (χ1v) is 9.67. The average molecular weight is 441 g/mol. The molecule has 1 aromatic carbocycles. The second kappa shape index (κ2) is 9.64. The number of amides is 2. The van der Waals surface area contributed by atoms with Crippen LogP contribution in [0.15, 0.2) is 27.9 Å². The van der Waals surface area contributed by atoms with E-state index in [0.29, 0.717) is 39.4 Å². The molecule has 0 spiro atoms. The molecule has 148 valence electrons. The fraction of sp³-hybridized carbons (Fsp3) is 0.474. The summed E-state index contributed by atoms with van der Waals surface area (Å²) >= 11 is 3.53. The number of hydrogen-bond donors (Lipinski definition) is 2. The second-order valence-electron chi connectivity index (χ2n) is 6.02. The molecule has 2 rings (SSSR count). The van der Waals surface area contributed by atoms with E-state index < -0.39 is 12.0 Å². The molecule has 0 radical (unpaired) electrons. The lowest BCUT2D eigenvalue weighted by molar-refractivity contribution is -0.139. The minimum Gasteiger partial charge on any atom is -0.493 e. The summed E-state index contributed by atoms with van der Waals surface area (Å²) in [4.78, 5) is 24.5. The summed E-state index contributed by atoms with van der Waals surface area (Å²) in [5.74, 6) is 0.639. The molecular weight excluding hydrogens is 416 g/mol. The van der Waals surface area contributed by atoms with E-state index in [0.717, 1.165) is 12.8 Å². The molecule has 0 aromatic heterocycles. The van der Waals surface area contributed by atoms with E-state index in [-0.39, 0.29) is 12.6 Å². The zero-order valence-electron chi connectivity index (χ0n) is 16.0. The van der Waals surface area contributed by atoms with Gasteiger partial charge in [-0.3, -0.25) is 0 Å². The van der Waals surface area contributed by atoms with Crippen LogP contribution in [-0.4, -0.2) is 32.3 Å². The molecule has 0 saturated heterocycles. The van der Waals surface area contributed by atoms with Crippen molar-refractivity contribution in [2.75, 3.05) is 20.3 Å². The molecular formula is C19H25BrN2O5. The zero-order chi connectivity index (χ0) is 20.0. The van der Waals surface area contributed by atoms with Crippen LogP contribution >= 0.6 is 15.9 Å². The molecule has 8 heteroatoms. The Kier molecular flexibility index (Phi) is 7.53. The Morgan fingerprint density at radius 1 is 1.26 bits per heavy atom. The number of ether oxygens (including phenoxy) is 3. The summed E-state index contributed by atoms with van der Waals surface area (Å²) in [6.07, 6.45) is 1.96. The van der Waals surface area contributed by atoms with Crippen LogP contribution in [0.4, 0.5) is 4.79 Å². The van der Waals surface area contributed by atoms with E-state index in [1.54, 1.807) is 33.1 Å². The highest BCUT2D eigenvalue weighted by molar-refractivity contribution is 9.10. The van der Waals surface area contributed by atoms with Crippen LogP contribution in [0.25, 0.3) is 0 Å². The minimum atomic E-state index is -0.675. The quantitative estimate of drug-likeness (QED) is 0.473. The third kappa shape index (κ3) is 4.94. The lowest BCUT2D eigenvalue weighted by Crippen LogP contribution is -2.45. The number of carbonyl (C=O) groups excluding carboxylic acids is 2. The Hall–Kier alpha value is -2.22. The summed E-state index contributed by atoms with van der Waals surface area (Å²) in [6.45, 7) is 6.32. The van der Waals surface area contributed by atoms with E-state index in [4.69, 9.17) is 14.2 Å². The number of hydrogen-bond acceptors (Lipinski definition) is 5. The van der Waals surface area contributed by atoms with Gasteiger partial charge in [0.1, 0.15) is 0 Å². The molecule has 0 aliphatic carbocycles. The number of carbonyl (C=O) groups is 2. The van der Waals surface area contributed by atoms with Crippen LogP contribution in [0.5, 0.6) is 11.5 Å². The Morgan fingerprint density at radius 2 is 2.00 bits per heavy atom. The standard InChI is InChI=1S/C19H25BrN2O5/c1-5-7-8-27-15-10-13(20)12(9-14(15)25-4)17-16(18(23)26-6-2)11(3)21-19(24)22-17/h9-10,17H,5-8H2,1-4H3,(H2,21,22,24)/t17-/m1/s1. The highest BCUT2D eigenvalue weighted by Crippen LogP contribution is 2.39. The van der Waals surface area contributed by atoms with Gasteiger partial charge in [-0.05, 0) is 38.0 Å². The van der Waals surface area contributed by atoms with Crippen molar-refractivity contribution < 1.29 is 23.8 Å². The summed E-state index contributed by atoms with van der Waals surface area (Å²) in [6, 6.07) is 2.48. The maximum Gasteiger partial charge on any atom is 0.338 e. The van der Waals surface area contributed by atoms with Crippen LogP contribution in [0.1, 0.15) is 45.2 Å². The molecule has 1 heterocycles. The molecule has 0 bridgehead atoms. The average Bonchev–Trinajstić information content (AvgIpc) is 2.61. The van der Waals surface area contributed by atoms with Gasteiger partial charge in [0.15, 0.2) is 11.5 Å². The van der Waals surface area contributed by atoms with Crippen LogP contribution in [0, 0.1) is 0 Å². The van der Waals surface area contributed by atoms with Gasteiger partial charge in [-0.15, -0.1) is 0 Å². The number of allylic oxidation sites excluding steroid dienone is 1. The highest BCUT2D eigenvalue weighted by atomic mass is 79.9. The summed E-state index contributed by atoms with van der Waals surface area (Å²) in [5.41, 5.74) is 1.47. The highest BCUT2D eigenvalue weighted by Gasteiger charge is 2.34. The van der Waals surface area contributed by atoms with Gasteiger partial charge in [-0.1, -0.05) is 29.3 Å². The summed E-state index contributed by atoms with van der Waals surface area (Å²) in [5, 5.41) is 5.40. The number of methoxy groups -OCH3 is 1. The van der Waals surface area contributed by atoms with Crippen molar-refractivity contribution in [3.05, 3.63) is 33.4 Å². The normalized spacial score (nSPS) is 16.5. The first-order valence-electron chi connectivity index (χ1n) is 8.88. The molecule has 1 aromatic rings. The third-order valence-electron chi connectivity index (χ3n) is 4.11. The van der Waals surface area contributed by atoms with Crippen LogP contribution in [0.3, 0.4) is 0 Å². The SMILES string of the molecule is CCCCOc1cc(Br)c([C@H]2NC(=O)NC(C)=C2C(=O)OCC)cc1OC. The topological polar surface area (TPSA) is 85.9 Å². The van der Waals surface area contributed by atoms with Gasteiger partial charge in [-0.25, -0.2) is 9.59 Å². The zero-order valence-corrected chi connectivity index (χ0v) is 17.6. The Bertz CT molecular complexity index is 748. The molecule has 0 unspecified atom stereocenters. The fourth-order valence-corrected chi connectivity index (χ4v) is 3.33. The molecule has 27 heavy (non-hydrogen) atoms. The van der Waals surface area contributed by atoms with Crippen molar-refractivity contribution in [2.24, 2.45) is 0 Å². The van der Waals surface area contributed by atoms with E-state index in [2.05, 4.69) is 33.5 Å². The predicted molar refractivity (Wildman–Crippen MR) is 105 cm³/mol. The first-order chi connectivity index (χ1) is 12.9. The lowest BCUT2D eigenvalue weighted by atomic mass is 9.95. The number of rotatable bonds is 8. The van der Waals surface area contributed by atoms with Gasteiger partial charge in [0.2, 0.25) is 0 Å². The third-order valence-corrected chi connectivity index (χ3v) is 4.80. The molecule has 1 aliphatic rings. The number of unbranched alkanes of at least 4 members (excludes halogenated alkanes) is 1. The molecule has 7 nitrogen and oxygen atoms in total. The summed E-state index contributed by atoms with van der Waals surface area (Å²) in [7, 11) is 1.55. The van der Waals surface area contributed by atoms with E-state index in [9.17, 15) is 9.59 Å². The van der Waals surface area contributed by atoms with Crippen molar-refractivity contribution in [2.45, 2.75) is 39.7 Å². The maximum atomic E-state index is 12.5. The van der Waals surface area contributed by atoms with Crippen molar-refractivity contribution in [3.63, 3.8) is 0 Å².